The van der Waals surface area contributed by atoms with Crippen LogP contribution in [0.3, 0.4) is 0 Å². The minimum atomic E-state index is -1.07. The monoisotopic (exact) mass is 377 g/mol. The zero-order valence-electron chi connectivity index (χ0n) is 14.8. The van der Waals surface area contributed by atoms with E-state index in [4.69, 9.17) is 4.74 Å². The van der Waals surface area contributed by atoms with Crippen LogP contribution in [0.5, 0.6) is 0 Å². The first-order valence-corrected chi connectivity index (χ1v) is 9.38. The third kappa shape index (κ3) is 6.44. The molecule has 8 heteroatoms. The number of aromatic nitrogens is 2. The number of thioether (sulfide) groups is 1. The second kappa shape index (κ2) is 9.86. The van der Waals surface area contributed by atoms with E-state index in [0.717, 1.165) is 22.7 Å². The fourth-order valence-electron chi connectivity index (χ4n) is 2.34. The minimum Gasteiger partial charge on any atom is -0.480 e. The fraction of sp³-hybridized carbons (Fsp3) is 0.389. The Labute approximate surface area is 156 Å². The summed E-state index contributed by atoms with van der Waals surface area (Å²) in [6.45, 7) is 2.03. The molecule has 0 spiro atoms. The number of aryl methyl sites for hydroxylation is 2. The van der Waals surface area contributed by atoms with Crippen molar-refractivity contribution in [1.29, 1.82) is 0 Å². The Morgan fingerprint density at radius 1 is 1.35 bits per heavy atom. The van der Waals surface area contributed by atoms with Crippen molar-refractivity contribution in [2.75, 3.05) is 5.75 Å². The van der Waals surface area contributed by atoms with Crippen molar-refractivity contribution in [3.05, 3.63) is 53.3 Å². The number of benzene rings is 1. The Kier molecular flexibility index (Phi) is 7.53. The van der Waals surface area contributed by atoms with Gasteiger partial charge in [-0.1, -0.05) is 30.3 Å². The molecular formula is C18H23N3O4S. The molecule has 0 radical (unpaired) electrons. The lowest BCUT2D eigenvalue weighted by Crippen LogP contribution is -2.41. The summed E-state index contributed by atoms with van der Waals surface area (Å²) in [6.07, 6.45) is -0.411. The third-order valence-corrected chi connectivity index (χ3v) is 4.73. The molecule has 1 atom stereocenters. The van der Waals surface area contributed by atoms with Crippen LogP contribution in [0.2, 0.25) is 0 Å². The lowest BCUT2D eigenvalue weighted by atomic mass is 10.2. The molecule has 0 saturated heterocycles. The number of carboxylic acids is 1. The highest BCUT2D eigenvalue weighted by molar-refractivity contribution is 7.98. The van der Waals surface area contributed by atoms with Gasteiger partial charge in [0.1, 0.15) is 12.6 Å². The largest absolute Gasteiger partial charge is 0.480 e. The zero-order valence-corrected chi connectivity index (χ0v) is 15.7. The SMILES string of the molecule is Cc1cc(CSCCC(NC(=O)OCc2ccccc2)C(=O)O)n(C)n1. The fourth-order valence-corrected chi connectivity index (χ4v) is 3.37. The Bertz CT molecular complexity index is 733. The molecule has 2 N–H and O–H groups in total. The Morgan fingerprint density at radius 2 is 2.08 bits per heavy atom. The normalized spacial score (nSPS) is 11.8. The summed E-state index contributed by atoms with van der Waals surface area (Å²) in [5.74, 6) is 0.265. The Morgan fingerprint density at radius 3 is 2.69 bits per heavy atom. The number of alkyl carbamates (subject to hydrolysis) is 1. The van der Waals surface area contributed by atoms with Gasteiger partial charge in [-0.05, 0) is 30.7 Å². The molecule has 0 bridgehead atoms. The molecule has 2 rings (SSSR count). The van der Waals surface area contributed by atoms with Gasteiger partial charge in [-0.15, -0.1) is 0 Å². The highest BCUT2D eigenvalue weighted by Gasteiger charge is 2.20. The number of hydrogen-bond donors (Lipinski definition) is 2. The number of carbonyl (C=O) groups excluding carboxylic acids is 1. The highest BCUT2D eigenvalue weighted by Crippen LogP contribution is 2.14. The van der Waals surface area contributed by atoms with Crippen LogP contribution in [0.4, 0.5) is 4.79 Å². The van der Waals surface area contributed by atoms with Crippen LogP contribution in [0.1, 0.15) is 23.4 Å². The summed E-state index contributed by atoms with van der Waals surface area (Å²) in [4.78, 5) is 23.2. The first kappa shape index (κ1) is 19.8. The molecule has 0 aliphatic heterocycles. The molecule has 1 amide bonds. The van der Waals surface area contributed by atoms with E-state index in [0.29, 0.717) is 12.2 Å². The van der Waals surface area contributed by atoms with E-state index < -0.39 is 18.1 Å². The van der Waals surface area contributed by atoms with Gasteiger partial charge in [0.25, 0.3) is 0 Å². The van der Waals surface area contributed by atoms with Gasteiger partial charge >= 0.3 is 12.1 Å². The van der Waals surface area contributed by atoms with Gasteiger partial charge in [0.05, 0.1) is 5.69 Å². The number of hydrogen-bond acceptors (Lipinski definition) is 5. The maximum atomic E-state index is 11.8. The molecule has 26 heavy (non-hydrogen) atoms. The summed E-state index contributed by atoms with van der Waals surface area (Å²) >= 11 is 1.60. The van der Waals surface area contributed by atoms with E-state index >= 15 is 0 Å². The summed E-state index contributed by atoms with van der Waals surface area (Å²) in [6, 6.07) is 10.3. The van der Waals surface area contributed by atoms with Crippen LogP contribution in [-0.4, -0.2) is 38.7 Å². The van der Waals surface area contributed by atoms with Gasteiger partial charge in [0.2, 0.25) is 0 Å². The smallest absolute Gasteiger partial charge is 0.408 e. The van der Waals surface area contributed by atoms with Crippen molar-refractivity contribution in [3.63, 3.8) is 0 Å². The lowest BCUT2D eigenvalue weighted by Gasteiger charge is -2.14. The lowest BCUT2D eigenvalue weighted by molar-refractivity contribution is -0.139. The van der Waals surface area contributed by atoms with E-state index in [1.165, 1.54) is 0 Å². The van der Waals surface area contributed by atoms with Crippen LogP contribution < -0.4 is 5.32 Å². The maximum absolute atomic E-state index is 11.8. The first-order chi connectivity index (χ1) is 12.5. The molecule has 2 aromatic rings. The van der Waals surface area contributed by atoms with E-state index in [2.05, 4.69) is 10.4 Å². The van der Waals surface area contributed by atoms with Crippen LogP contribution in [-0.2, 0) is 28.9 Å². The second-order valence-electron chi connectivity index (χ2n) is 5.84. The molecule has 140 valence electrons. The highest BCUT2D eigenvalue weighted by atomic mass is 32.2. The predicted octanol–water partition coefficient (Wildman–Crippen LogP) is 2.73. The van der Waals surface area contributed by atoms with Crippen molar-refractivity contribution in [1.82, 2.24) is 15.1 Å². The van der Waals surface area contributed by atoms with E-state index in [1.54, 1.807) is 11.8 Å². The quantitative estimate of drug-likeness (QED) is 0.653. The van der Waals surface area contributed by atoms with Gasteiger partial charge in [-0.2, -0.15) is 16.9 Å². The van der Waals surface area contributed by atoms with Gasteiger partial charge in [-0.25, -0.2) is 9.59 Å². The van der Waals surface area contributed by atoms with Crippen LogP contribution >= 0.6 is 11.8 Å². The number of ether oxygens (including phenoxy) is 1. The molecule has 0 saturated carbocycles. The second-order valence-corrected chi connectivity index (χ2v) is 6.94. The van der Waals surface area contributed by atoms with Crippen LogP contribution in [0, 0.1) is 6.92 Å². The Hall–Kier alpha value is -2.48. The first-order valence-electron chi connectivity index (χ1n) is 8.23. The molecule has 0 aliphatic rings. The summed E-state index contributed by atoms with van der Waals surface area (Å²) in [5.41, 5.74) is 2.88. The third-order valence-electron chi connectivity index (χ3n) is 3.70. The molecular weight excluding hydrogens is 354 g/mol. The number of rotatable bonds is 9. The molecule has 1 aromatic heterocycles. The van der Waals surface area contributed by atoms with E-state index in [9.17, 15) is 14.7 Å². The average molecular weight is 377 g/mol. The molecule has 0 fully saturated rings. The topological polar surface area (TPSA) is 93.5 Å². The molecule has 7 nitrogen and oxygen atoms in total. The number of carbonyl (C=O) groups is 2. The van der Waals surface area contributed by atoms with Crippen molar-refractivity contribution in [2.24, 2.45) is 7.05 Å². The predicted molar refractivity (Wildman–Crippen MR) is 99.9 cm³/mol. The molecule has 1 aromatic carbocycles. The summed E-state index contributed by atoms with van der Waals surface area (Å²) < 4.78 is 6.89. The number of amides is 1. The zero-order chi connectivity index (χ0) is 18.9. The summed E-state index contributed by atoms with van der Waals surface area (Å²) in [5, 5.41) is 16.0. The maximum Gasteiger partial charge on any atom is 0.408 e. The van der Waals surface area contributed by atoms with Crippen molar-refractivity contribution in [3.8, 4) is 0 Å². The minimum absolute atomic E-state index is 0.105. The molecule has 1 unspecified atom stereocenters. The molecule has 1 heterocycles. The van der Waals surface area contributed by atoms with Gasteiger partial charge in [0, 0.05) is 18.5 Å². The number of carboxylic acid groups (broad SMARTS) is 1. The van der Waals surface area contributed by atoms with Crippen molar-refractivity contribution in [2.45, 2.75) is 31.7 Å². The average Bonchev–Trinajstić information content (AvgIpc) is 2.93. The van der Waals surface area contributed by atoms with Crippen molar-refractivity contribution < 1.29 is 19.4 Å². The van der Waals surface area contributed by atoms with Crippen molar-refractivity contribution >= 4 is 23.8 Å². The Balaban J connectivity index is 1.72. The van der Waals surface area contributed by atoms with E-state index in [1.807, 2.05) is 55.1 Å². The summed E-state index contributed by atoms with van der Waals surface area (Å²) in [7, 11) is 1.88. The number of nitrogens with zero attached hydrogens (tertiary/aromatic N) is 2. The molecule has 0 aliphatic carbocycles. The van der Waals surface area contributed by atoms with Gasteiger partial charge < -0.3 is 15.2 Å². The van der Waals surface area contributed by atoms with Crippen LogP contribution in [0.25, 0.3) is 0 Å². The van der Waals surface area contributed by atoms with Crippen LogP contribution in [0.15, 0.2) is 36.4 Å². The number of aliphatic carboxylic acids is 1. The standard InChI is InChI=1S/C18H23N3O4S/c1-13-10-15(21(2)20-13)12-26-9-8-16(17(22)23)19-18(24)25-11-14-6-4-3-5-7-14/h3-7,10,16H,8-9,11-12H2,1-2H3,(H,19,24)(H,22,23). The van der Waals surface area contributed by atoms with Gasteiger partial charge in [0.15, 0.2) is 0 Å². The number of nitrogens with one attached hydrogen (secondary N) is 1. The van der Waals surface area contributed by atoms with Gasteiger partial charge in [-0.3, -0.25) is 4.68 Å². The van der Waals surface area contributed by atoms with E-state index in [-0.39, 0.29) is 6.61 Å².